The van der Waals surface area contributed by atoms with Crippen LogP contribution < -0.4 is 10.6 Å². The third kappa shape index (κ3) is 3.40. The van der Waals surface area contributed by atoms with Crippen molar-refractivity contribution in [2.75, 3.05) is 13.1 Å². The highest BCUT2D eigenvalue weighted by molar-refractivity contribution is 5.84. The second kappa shape index (κ2) is 7.01. The number of hydrogen-bond acceptors (Lipinski definition) is 6. The van der Waals surface area contributed by atoms with E-state index in [1.165, 1.54) is 0 Å². The van der Waals surface area contributed by atoms with Crippen molar-refractivity contribution in [2.45, 2.75) is 43.8 Å². The number of carbonyl (C=O) groups is 2. The van der Waals surface area contributed by atoms with Gasteiger partial charge >= 0.3 is 0 Å². The highest BCUT2D eigenvalue weighted by Gasteiger charge is 2.45. The normalized spacial score (nSPS) is 27.3. The molecule has 3 fully saturated rings. The maximum atomic E-state index is 12.3. The van der Waals surface area contributed by atoms with E-state index in [9.17, 15) is 9.59 Å². The first-order valence-electron chi connectivity index (χ1n) is 9.89. The van der Waals surface area contributed by atoms with E-state index in [1.54, 1.807) is 0 Å². The number of nitrogens with one attached hydrogen (secondary N) is 2. The average Bonchev–Trinajstić information content (AvgIpc) is 3.31. The molecule has 1 aliphatic carbocycles. The van der Waals surface area contributed by atoms with Gasteiger partial charge in [-0.15, -0.1) is 10.2 Å². The monoisotopic (exact) mass is 381 g/mol. The van der Waals surface area contributed by atoms with Gasteiger partial charge < -0.3 is 15.1 Å². The Hall–Kier alpha value is -2.74. The van der Waals surface area contributed by atoms with Crippen LogP contribution in [-0.4, -0.2) is 58.1 Å². The zero-order chi connectivity index (χ0) is 19.1. The maximum Gasteiger partial charge on any atom is 0.247 e. The van der Waals surface area contributed by atoms with Crippen LogP contribution in [0.15, 0.2) is 34.7 Å². The molecule has 2 N–H and O–H groups in total. The molecule has 3 aliphatic rings. The summed E-state index contributed by atoms with van der Waals surface area (Å²) >= 11 is 0. The van der Waals surface area contributed by atoms with Crippen LogP contribution in [0.2, 0.25) is 0 Å². The van der Waals surface area contributed by atoms with Gasteiger partial charge in [0.05, 0.1) is 6.04 Å². The second-order valence-corrected chi connectivity index (χ2v) is 7.90. The van der Waals surface area contributed by atoms with Crippen LogP contribution in [0.3, 0.4) is 0 Å². The third-order valence-electron chi connectivity index (χ3n) is 5.82. The number of benzene rings is 1. The molecule has 0 unspecified atom stereocenters. The molecule has 2 aliphatic heterocycles. The molecule has 2 amide bonds. The van der Waals surface area contributed by atoms with Crippen LogP contribution in [0.4, 0.5) is 0 Å². The first kappa shape index (κ1) is 17.4. The summed E-state index contributed by atoms with van der Waals surface area (Å²) in [6, 6.07) is 9.56. The quantitative estimate of drug-likeness (QED) is 0.793. The summed E-state index contributed by atoms with van der Waals surface area (Å²) in [6.45, 7) is 1.22. The standard InChI is InChI=1S/C20H23N5O3/c26-18(12-6-7-12)22-14-8-16-19(27)21-10-15(25(16)11-14)9-17-23-24-20(28-17)13-4-2-1-3-5-13/h1-5,12,14-16H,6-11H2,(H,21,27)(H,22,26)/t14-,15+,16-/m0/s1. The lowest BCUT2D eigenvalue weighted by molar-refractivity contribution is -0.129. The van der Waals surface area contributed by atoms with E-state index >= 15 is 0 Å². The lowest BCUT2D eigenvalue weighted by Crippen LogP contribution is -2.58. The van der Waals surface area contributed by atoms with Gasteiger partial charge in [-0.05, 0) is 31.4 Å². The van der Waals surface area contributed by atoms with Crippen LogP contribution >= 0.6 is 0 Å². The zero-order valence-electron chi connectivity index (χ0n) is 15.5. The molecule has 146 valence electrons. The fraction of sp³-hybridized carbons (Fsp3) is 0.500. The molecule has 3 heterocycles. The largest absolute Gasteiger partial charge is 0.421 e. The summed E-state index contributed by atoms with van der Waals surface area (Å²) in [5.41, 5.74) is 0.889. The molecule has 3 atom stereocenters. The molecular weight excluding hydrogens is 358 g/mol. The van der Waals surface area contributed by atoms with Gasteiger partial charge in [0.1, 0.15) is 0 Å². The Bertz CT molecular complexity index is 879. The Balaban J connectivity index is 1.27. The molecule has 8 heteroatoms. The summed E-state index contributed by atoms with van der Waals surface area (Å²) in [5.74, 6) is 1.41. The zero-order valence-corrected chi connectivity index (χ0v) is 15.5. The summed E-state index contributed by atoms with van der Waals surface area (Å²) < 4.78 is 5.85. The van der Waals surface area contributed by atoms with Crippen LogP contribution in [0.1, 0.15) is 25.2 Å². The maximum absolute atomic E-state index is 12.3. The van der Waals surface area contributed by atoms with E-state index in [4.69, 9.17) is 4.42 Å². The smallest absolute Gasteiger partial charge is 0.247 e. The minimum absolute atomic E-state index is 0.0204. The van der Waals surface area contributed by atoms with Gasteiger partial charge in [-0.2, -0.15) is 0 Å². The number of carbonyl (C=O) groups excluding carboxylic acids is 2. The van der Waals surface area contributed by atoms with E-state index in [-0.39, 0.29) is 35.9 Å². The summed E-state index contributed by atoms with van der Waals surface area (Å²) in [7, 11) is 0. The van der Waals surface area contributed by atoms with E-state index < -0.39 is 0 Å². The number of nitrogens with zero attached hydrogens (tertiary/aromatic N) is 3. The number of amides is 2. The average molecular weight is 381 g/mol. The van der Waals surface area contributed by atoms with E-state index in [1.807, 2.05) is 30.3 Å². The predicted molar refractivity (Wildman–Crippen MR) is 100 cm³/mol. The lowest BCUT2D eigenvalue weighted by atomic mass is 10.1. The van der Waals surface area contributed by atoms with Crippen molar-refractivity contribution in [2.24, 2.45) is 5.92 Å². The first-order valence-corrected chi connectivity index (χ1v) is 9.89. The predicted octanol–water partition coefficient (Wildman–Crippen LogP) is 0.747. The molecule has 2 aromatic rings. The number of aromatic nitrogens is 2. The molecule has 5 rings (SSSR count). The number of hydrogen-bond donors (Lipinski definition) is 2. The van der Waals surface area contributed by atoms with Crippen LogP contribution in [0, 0.1) is 5.92 Å². The van der Waals surface area contributed by atoms with E-state index in [0.29, 0.717) is 37.7 Å². The molecule has 2 saturated heterocycles. The van der Waals surface area contributed by atoms with Gasteiger partial charge in [0.15, 0.2) is 0 Å². The highest BCUT2D eigenvalue weighted by Crippen LogP contribution is 2.31. The van der Waals surface area contributed by atoms with Crippen LogP contribution in [0.25, 0.3) is 11.5 Å². The van der Waals surface area contributed by atoms with Crippen molar-refractivity contribution in [1.29, 1.82) is 0 Å². The Kier molecular flexibility index (Phi) is 4.35. The van der Waals surface area contributed by atoms with E-state index in [0.717, 1.165) is 18.4 Å². The first-order chi connectivity index (χ1) is 13.7. The van der Waals surface area contributed by atoms with E-state index in [2.05, 4.69) is 25.7 Å². The second-order valence-electron chi connectivity index (χ2n) is 7.90. The highest BCUT2D eigenvalue weighted by atomic mass is 16.4. The van der Waals surface area contributed by atoms with Gasteiger partial charge in [-0.25, -0.2) is 0 Å². The Morgan fingerprint density at radius 3 is 2.86 bits per heavy atom. The van der Waals surface area contributed by atoms with Crippen molar-refractivity contribution in [3.63, 3.8) is 0 Å². The molecule has 0 spiro atoms. The number of piperazine rings is 1. The van der Waals surface area contributed by atoms with Crippen molar-refractivity contribution in [1.82, 2.24) is 25.7 Å². The minimum atomic E-state index is -0.209. The molecule has 8 nitrogen and oxygen atoms in total. The van der Waals surface area contributed by atoms with Gasteiger partial charge in [0, 0.05) is 43.1 Å². The van der Waals surface area contributed by atoms with Gasteiger partial charge in [0.25, 0.3) is 0 Å². The summed E-state index contributed by atoms with van der Waals surface area (Å²) in [6.07, 6.45) is 3.19. The summed E-state index contributed by atoms with van der Waals surface area (Å²) in [5, 5.41) is 14.5. The number of fused-ring (bicyclic) bond motifs is 1. The Morgan fingerprint density at radius 1 is 1.25 bits per heavy atom. The van der Waals surface area contributed by atoms with Gasteiger partial charge in [-0.1, -0.05) is 18.2 Å². The molecule has 0 radical (unpaired) electrons. The Morgan fingerprint density at radius 2 is 2.07 bits per heavy atom. The molecule has 0 bridgehead atoms. The lowest BCUT2D eigenvalue weighted by Gasteiger charge is -2.36. The molecule has 1 aromatic heterocycles. The van der Waals surface area contributed by atoms with Gasteiger partial charge in [-0.3, -0.25) is 14.5 Å². The molecule has 1 aromatic carbocycles. The topological polar surface area (TPSA) is 100 Å². The fourth-order valence-corrected chi connectivity index (χ4v) is 4.17. The summed E-state index contributed by atoms with van der Waals surface area (Å²) in [4.78, 5) is 26.6. The van der Waals surface area contributed by atoms with Crippen LogP contribution in [0.5, 0.6) is 0 Å². The SMILES string of the molecule is O=C(N[C@H]1C[C@H]2C(=O)NC[C@@H](Cc3nnc(-c4ccccc4)o3)N2C1)C1CC1. The Labute approximate surface area is 162 Å². The molecule has 1 saturated carbocycles. The number of rotatable bonds is 5. The molecular formula is C20H23N5O3. The molecule has 28 heavy (non-hydrogen) atoms. The van der Waals surface area contributed by atoms with Crippen molar-refractivity contribution in [3.05, 3.63) is 36.2 Å². The van der Waals surface area contributed by atoms with Crippen molar-refractivity contribution < 1.29 is 14.0 Å². The van der Waals surface area contributed by atoms with Crippen LogP contribution in [-0.2, 0) is 16.0 Å². The van der Waals surface area contributed by atoms with Crippen molar-refractivity contribution >= 4 is 11.8 Å². The fourth-order valence-electron chi connectivity index (χ4n) is 4.17. The third-order valence-corrected chi connectivity index (χ3v) is 5.82. The van der Waals surface area contributed by atoms with Gasteiger partial charge in [0.2, 0.25) is 23.6 Å². The van der Waals surface area contributed by atoms with Crippen molar-refractivity contribution in [3.8, 4) is 11.5 Å². The minimum Gasteiger partial charge on any atom is -0.421 e.